The number of fused-ring (bicyclic) bond motifs is 1. The summed E-state index contributed by atoms with van der Waals surface area (Å²) < 4.78 is 28.8. The Morgan fingerprint density at radius 3 is 2.44 bits per heavy atom. The van der Waals surface area contributed by atoms with Gasteiger partial charge in [0.15, 0.2) is 0 Å². The molecule has 0 bridgehead atoms. The van der Waals surface area contributed by atoms with Crippen LogP contribution in [0.25, 0.3) is 0 Å². The van der Waals surface area contributed by atoms with E-state index in [1.54, 1.807) is 17.9 Å². The Bertz CT molecular complexity index is 1240. The van der Waals surface area contributed by atoms with Gasteiger partial charge in [0.25, 0.3) is 0 Å². The molecule has 0 aliphatic carbocycles. The Morgan fingerprint density at radius 2 is 1.69 bits per heavy atom. The monoisotopic (exact) mass is 448 g/mol. The highest BCUT2D eigenvalue weighted by atomic mass is 32.2. The van der Waals surface area contributed by atoms with Crippen LogP contribution in [0.1, 0.15) is 29.2 Å². The fraction of sp³-hybridized carbons (Fsp3) is 0.269. The number of hydrogen-bond acceptors (Lipinski definition) is 3. The van der Waals surface area contributed by atoms with E-state index >= 15 is 0 Å². The number of sulfonamides is 1. The van der Waals surface area contributed by atoms with Crippen LogP contribution in [-0.2, 0) is 27.8 Å². The first-order chi connectivity index (χ1) is 15.3. The first kappa shape index (κ1) is 22.2. The van der Waals surface area contributed by atoms with Crippen LogP contribution in [0, 0.1) is 13.8 Å². The third kappa shape index (κ3) is 4.33. The molecular weight excluding hydrogens is 420 g/mol. The first-order valence-corrected chi connectivity index (χ1v) is 12.2. The molecule has 0 unspecified atom stereocenters. The molecule has 32 heavy (non-hydrogen) atoms. The van der Waals surface area contributed by atoms with Crippen LogP contribution in [0.3, 0.4) is 0 Å². The van der Waals surface area contributed by atoms with Gasteiger partial charge in [0.2, 0.25) is 15.9 Å². The summed E-state index contributed by atoms with van der Waals surface area (Å²) >= 11 is 0. The van der Waals surface area contributed by atoms with Crippen LogP contribution in [0.15, 0.2) is 77.7 Å². The smallest absolute Gasteiger partial charge is 0.244 e. The average molecular weight is 449 g/mol. The molecule has 0 spiro atoms. The number of benzene rings is 3. The molecule has 166 valence electrons. The number of para-hydroxylation sites is 1. The molecule has 6 heteroatoms. The summed E-state index contributed by atoms with van der Waals surface area (Å²) in [5, 5.41) is 0. The zero-order valence-corrected chi connectivity index (χ0v) is 19.5. The quantitative estimate of drug-likeness (QED) is 0.559. The first-order valence-electron chi connectivity index (χ1n) is 10.8. The summed E-state index contributed by atoms with van der Waals surface area (Å²) in [7, 11) is -3.89. The molecule has 4 rings (SSSR count). The highest BCUT2D eigenvalue weighted by Crippen LogP contribution is 2.32. The van der Waals surface area contributed by atoms with Gasteiger partial charge >= 0.3 is 0 Å². The summed E-state index contributed by atoms with van der Waals surface area (Å²) in [6, 6.07) is 22.6. The summed E-state index contributed by atoms with van der Waals surface area (Å²) in [6.07, 6.45) is 0.768. The van der Waals surface area contributed by atoms with E-state index in [0.29, 0.717) is 5.56 Å². The lowest BCUT2D eigenvalue weighted by molar-refractivity contribution is -0.119. The van der Waals surface area contributed by atoms with Gasteiger partial charge in [-0.15, -0.1) is 0 Å². The molecule has 0 N–H and O–H groups in total. The Labute approximate surface area is 190 Å². The standard InChI is InChI=1S/C26H28N2O3S/c1-19-13-14-20(2)25(15-19)32(30,31)27(17-22-9-5-4-6-10-22)18-26(29)28-21(3)16-23-11-7-8-12-24(23)28/h4-15,21H,16-18H2,1-3H3/t21-/m0/s1. The second-order valence-electron chi connectivity index (χ2n) is 8.47. The summed E-state index contributed by atoms with van der Waals surface area (Å²) in [5.74, 6) is -0.215. The molecule has 1 atom stereocenters. The van der Waals surface area contributed by atoms with E-state index < -0.39 is 10.0 Å². The minimum Gasteiger partial charge on any atom is -0.308 e. The van der Waals surface area contributed by atoms with Gasteiger partial charge in [0.1, 0.15) is 0 Å². The van der Waals surface area contributed by atoms with Crippen molar-refractivity contribution in [3.05, 3.63) is 95.1 Å². The second kappa shape index (κ2) is 8.88. The fourth-order valence-electron chi connectivity index (χ4n) is 4.31. The zero-order chi connectivity index (χ0) is 22.9. The van der Waals surface area contributed by atoms with E-state index in [1.807, 2.05) is 80.6 Å². The predicted octanol–water partition coefficient (Wildman–Crippen LogP) is 4.47. The van der Waals surface area contributed by atoms with Gasteiger partial charge in [0.05, 0.1) is 11.4 Å². The van der Waals surface area contributed by atoms with Gasteiger partial charge in [-0.3, -0.25) is 4.79 Å². The van der Waals surface area contributed by atoms with Gasteiger partial charge in [-0.05, 0) is 61.6 Å². The highest BCUT2D eigenvalue weighted by molar-refractivity contribution is 7.89. The topological polar surface area (TPSA) is 57.7 Å². The van der Waals surface area contributed by atoms with Gasteiger partial charge in [-0.1, -0.05) is 60.7 Å². The van der Waals surface area contributed by atoms with Crippen LogP contribution in [0.5, 0.6) is 0 Å². The SMILES string of the molecule is Cc1ccc(C)c(S(=O)(=O)N(CC(=O)N2c3ccccc3C[C@@H]2C)Cc2ccccc2)c1. The lowest BCUT2D eigenvalue weighted by Gasteiger charge is -2.28. The number of anilines is 1. The Balaban J connectivity index is 1.70. The molecule has 3 aromatic rings. The molecule has 1 amide bonds. The number of amides is 1. The largest absolute Gasteiger partial charge is 0.308 e. The summed E-state index contributed by atoms with van der Waals surface area (Å²) in [5.41, 5.74) is 4.35. The van der Waals surface area contributed by atoms with Crippen LogP contribution in [0.2, 0.25) is 0 Å². The number of nitrogens with zero attached hydrogens (tertiary/aromatic N) is 2. The predicted molar refractivity (Wildman–Crippen MR) is 127 cm³/mol. The molecule has 1 aliphatic heterocycles. The molecule has 1 heterocycles. The third-order valence-electron chi connectivity index (χ3n) is 5.95. The van der Waals surface area contributed by atoms with E-state index in [4.69, 9.17) is 0 Å². The summed E-state index contributed by atoms with van der Waals surface area (Å²) in [4.78, 5) is 15.5. The maximum Gasteiger partial charge on any atom is 0.244 e. The van der Waals surface area contributed by atoms with Crippen molar-refractivity contribution in [1.82, 2.24) is 4.31 Å². The number of aryl methyl sites for hydroxylation is 2. The molecule has 3 aromatic carbocycles. The van der Waals surface area contributed by atoms with Crippen molar-refractivity contribution in [2.45, 2.75) is 44.7 Å². The molecule has 0 fully saturated rings. The van der Waals surface area contributed by atoms with E-state index in [-0.39, 0.29) is 29.9 Å². The molecule has 1 aliphatic rings. The molecule has 5 nitrogen and oxygen atoms in total. The van der Waals surface area contributed by atoms with Crippen molar-refractivity contribution in [3.8, 4) is 0 Å². The van der Waals surface area contributed by atoms with E-state index in [1.165, 1.54) is 4.31 Å². The summed E-state index contributed by atoms with van der Waals surface area (Å²) in [6.45, 7) is 5.57. The third-order valence-corrected chi connectivity index (χ3v) is 7.88. The van der Waals surface area contributed by atoms with Crippen LogP contribution < -0.4 is 4.90 Å². The van der Waals surface area contributed by atoms with Crippen molar-refractivity contribution in [2.75, 3.05) is 11.4 Å². The number of rotatable bonds is 6. The lowest BCUT2D eigenvalue weighted by atomic mass is 10.1. The molecular formula is C26H28N2O3S. The molecule has 0 saturated carbocycles. The van der Waals surface area contributed by atoms with E-state index in [2.05, 4.69) is 0 Å². The maximum absolute atomic E-state index is 13.7. The van der Waals surface area contributed by atoms with Crippen LogP contribution in [-0.4, -0.2) is 31.2 Å². The Kier molecular flexibility index (Phi) is 6.17. The van der Waals surface area contributed by atoms with E-state index in [0.717, 1.165) is 28.8 Å². The minimum absolute atomic E-state index is 0.0121. The highest BCUT2D eigenvalue weighted by Gasteiger charge is 2.35. The fourth-order valence-corrected chi connectivity index (χ4v) is 6.00. The maximum atomic E-state index is 13.7. The van der Waals surface area contributed by atoms with Gasteiger partial charge in [0, 0.05) is 18.3 Å². The van der Waals surface area contributed by atoms with E-state index in [9.17, 15) is 13.2 Å². The van der Waals surface area contributed by atoms with Crippen molar-refractivity contribution < 1.29 is 13.2 Å². The number of carbonyl (C=O) groups excluding carboxylic acids is 1. The van der Waals surface area contributed by atoms with Crippen LogP contribution >= 0.6 is 0 Å². The van der Waals surface area contributed by atoms with Gasteiger partial charge in [-0.25, -0.2) is 8.42 Å². The van der Waals surface area contributed by atoms with Crippen molar-refractivity contribution in [3.63, 3.8) is 0 Å². The van der Waals surface area contributed by atoms with Crippen molar-refractivity contribution in [2.24, 2.45) is 0 Å². The Hall–Kier alpha value is -2.96. The second-order valence-corrected chi connectivity index (χ2v) is 10.4. The van der Waals surface area contributed by atoms with Crippen LogP contribution in [0.4, 0.5) is 5.69 Å². The van der Waals surface area contributed by atoms with Crippen molar-refractivity contribution >= 4 is 21.6 Å². The van der Waals surface area contributed by atoms with Crippen molar-refractivity contribution in [1.29, 1.82) is 0 Å². The average Bonchev–Trinajstić information content (AvgIpc) is 3.11. The minimum atomic E-state index is -3.89. The number of carbonyl (C=O) groups is 1. The zero-order valence-electron chi connectivity index (χ0n) is 18.7. The van der Waals surface area contributed by atoms with Gasteiger partial charge in [-0.2, -0.15) is 4.31 Å². The number of hydrogen-bond donors (Lipinski definition) is 0. The molecule has 0 saturated heterocycles. The normalized spacial score (nSPS) is 15.8. The lowest BCUT2D eigenvalue weighted by Crippen LogP contribution is -2.45. The Morgan fingerprint density at radius 1 is 1.00 bits per heavy atom. The van der Waals surface area contributed by atoms with Gasteiger partial charge < -0.3 is 4.90 Å². The molecule has 0 radical (unpaired) electrons. The molecule has 0 aromatic heterocycles.